The zero-order valence-electron chi connectivity index (χ0n) is 8.66. The van der Waals surface area contributed by atoms with Gasteiger partial charge in [-0.05, 0) is 25.0 Å². The number of aliphatic hydroxyl groups excluding tert-OH is 1. The molecule has 84 valence electrons. The summed E-state index contributed by atoms with van der Waals surface area (Å²) >= 11 is 6.98. The lowest BCUT2D eigenvalue weighted by atomic mass is 10.1. The van der Waals surface area contributed by atoms with Gasteiger partial charge in [-0.15, -0.1) is 11.3 Å². The highest BCUT2D eigenvalue weighted by atomic mass is 35.5. The van der Waals surface area contributed by atoms with Gasteiger partial charge in [0.2, 0.25) is 0 Å². The summed E-state index contributed by atoms with van der Waals surface area (Å²) < 4.78 is 0.600. The van der Waals surface area contributed by atoms with Crippen LogP contribution in [0.3, 0.4) is 0 Å². The van der Waals surface area contributed by atoms with Crippen molar-refractivity contribution in [3.05, 3.63) is 21.3 Å². The van der Waals surface area contributed by atoms with Gasteiger partial charge in [-0.2, -0.15) is 0 Å². The van der Waals surface area contributed by atoms with Crippen LogP contribution in [0.4, 0.5) is 0 Å². The Morgan fingerprint density at radius 1 is 1.60 bits per heavy atom. The summed E-state index contributed by atoms with van der Waals surface area (Å²) in [5.41, 5.74) is 0. The first-order valence-corrected chi connectivity index (χ1v) is 5.91. The molecule has 2 N–H and O–H groups in total. The zero-order chi connectivity index (χ0) is 11.4. The Bertz CT molecular complexity index is 340. The Kier molecular flexibility index (Phi) is 4.57. The van der Waals surface area contributed by atoms with Crippen LogP contribution >= 0.6 is 22.9 Å². The molecule has 5 heteroatoms. The average molecular weight is 248 g/mol. The van der Waals surface area contributed by atoms with Crippen LogP contribution in [0, 0.1) is 5.92 Å². The van der Waals surface area contributed by atoms with Gasteiger partial charge < -0.3 is 10.4 Å². The van der Waals surface area contributed by atoms with Gasteiger partial charge in [-0.1, -0.05) is 18.5 Å². The third-order valence-corrected chi connectivity index (χ3v) is 3.53. The number of rotatable bonds is 4. The van der Waals surface area contributed by atoms with Crippen LogP contribution in [-0.4, -0.2) is 23.7 Å². The van der Waals surface area contributed by atoms with E-state index in [9.17, 15) is 4.79 Å². The molecule has 3 nitrogen and oxygen atoms in total. The van der Waals surface area contributed by atoms with Crippen molar-refractivity contribution in [2.45, 2.75) is 19.9 Å². The van der Waals surface area contributed by atoms with Crippen molar-refractivity contribution in [3.8, 4) is 0 Å². The minimum atomic E-state index is -0.139. The van der Waals surface area contributed by atoms with Gasteiger partial charge >= 0.3 is 0 Å². The van der Waals surface area contributed by atoms with Crippen LogP contribution in [-0.2, 0) is 0 Å². The summed E-state index contributed by atoms with van der Waals surface area (Å²) in [5.74, 6) is -0.0934. The van der Waals surface area contributed by atoms with Gasteiger partial charge in [-0.3, -0.25) is 4.79 Å². The molecule has 0 aromatic carbocycles. The molecule has 2 atom stereocenters. The number of hydrogen-bond donors (Lipinski definition) is 2. The lowest BCUT2D eigenvalue weighted by molar-refractivity contribution is 0.0920. The van der Waals surface area contributed by atoms with Crippen molar-refractivity contribution in [1.29, 1.82) is 0 Å². The normalized spacial score (nSPS) is 14.7. The summed E-state index contributed by atoms with van der Waals surface area (Å²) in [6, 6.07) is 3.34. The van der Waals surface area contributed by atoms with E-state index in [4.69, 9.17) is 16.7 Å². The molecule has 1 heterocycles. The zero-order valence-corrected chi connectivity index (χ0v) is 10.2. The number of amides is 1. The molecule has 0 bridgehead atoms. The number of thiophene rings is 1. The number of carbonyl (C=O) groups excluding carboxylic acids is 1. The number of carbonyl (C=O) groups is 1. The minimum Gasteiger partial charge on any atom is -0.396 e. The van der Waals surface area contributed by atoms with E-state index in [0.717, 1.165) is 0 Å². The van der Waals surface area contributed by atoms with E-state index < -0.39 is 0 Å². The molecular weight excluding hydrogens is 234 g/mol. The highest BCUT2D eigenvalue weighted by Gasteiger charge is 2.16. The van der Waals surface area contributed by atoms with Crippen molar-refractivity contribution in [2.24, 2.45) is 5.92 Å². The van der Waals surface area contributed by atoms with Crippen molar-refractivity contribution in [1.82, 2.24) is 5.32 Å². The molecule has 0 radical (unpaired) electrons. The lowest BCUT2D eigenvalue weighted by Crippen LogP contribution is -2.37. The molecule has 0 aliphatic carbocycles. The van der Waals surface area contributed by atoms with Gasteiger partial charge in [0, 0.05) is 12.6 Å². The van der Waals surface area contributed by atoms with Crippen molar-refractivity contribution in [2.75, 3.05) is 6.61 Å². The minimum absolute atomic E-state index is 0.0457. The third-order valence-electron chi connectivity index (χ3n) is 2.30. The number of halogens is 1. The third kappa shape index (κ3) is 3.48. The summed E-state index contributed by atoms with van der Waals surface area (Å²) in [5, 5.41) is 11.7. The van der Waals surface area contributed by atoms with Gasteiger partial charge in [0.25, 0.3) is 5.91 Å². The maximum Gasteiger partial charge on any atom is 0.261 e. The molecule has 2 unspecified atom stereocenters. The van der Waals surface area contributed by atoms with Crippen molar-refractivity contribution >= 4 is 28.8 Å². The van der Waals surface area contributed by atoms with E-state index in [-0.39, 0.29) is 24.5 Å². The molecule has 1 rings (SSSR count). The first kappa shape index (κ1) is 12.5. The van der Waals surface area contributed by atoms with Crippen molar-refractivity contribution < 1.29 is 9.90 Å². The maximum absolute atomic E-state index is 11.6. The standard InChI is InChI=1S/C10H14ClNO2S/c1-6(5-13)7(2)12-10(14)8-3-4-9(11)15-8/h3-4,6-7,13H,5H2,1-2H3,(H,12,14). The van der Waals surface area contributed by atoms with E-state index in [0.29, 0.717) is 9.21 Å². The fourth-order valence-electron chi connectivity index (χ4n) is 1.01. The van der Waals surface area contributed by atoms with Crippen molar-refractivity contribution in [3.63, 3.8) is 0 Å². The van der Waals surface area contributed by atoms with E-state index in [2.05, 4.69) is 5.32 Å². The molecule has 0 aliphatic rings. The topological polar surface area (TPSA) is 49.3 Å². The smallest absolute Gasteiger partial charge is 0.261 e. The molecule has 0 saturated heterocycles. The van der Waals surface area contributed by atoms with Crippen LogP contribution in [0.1, 0.15) is 23.5 Å². The summed E-state index contributed by atoms with van der Waals surface area (Å²) in [6.45, 7) is 3.81. The second-order valence-corrected chi connectivity index (χ2v) is 5.24. The molecule has 1 aromatic rings. The summed E-state index contributed by atoms with van der Waals surface area (Å²) in [6.07, 6.45) is 0. The van der Waals surface area contributed by atoms with Crippen LogP contribution in [0.2, 0.25) is 4.34 Å². The Balaban J connectivity index is 2.56. The predicted octanol–water partition coefficient (Wildman–Crippen LogP) is 2.15. The number of nitrogens with one attached hydrogen (secondary N) is 1. The summed E-state index contributed by atoms with van der Waals surface area (Å²) in [4.78, 5) is 12.2. The molecule has 15 heavy (non-hydrogen) atoms. The lowest BCUT2D eigenvalue weighted by Gasteiger charge is -2.18. The summed E-state index contributed by atoms with van der Waals surface area (Å²) in [7, 11) is 0. The molecule has 0 saturated carbocycles. The first-order valence-electron chi connectivity index (χ1n) is 4.71. The Hall–Kier alpha value is -0.580. The Morgan fingerprint density at radius 3 is 2.73 bits per heavy atom. The first-order chi connectivity index (χ1) is 7.04. The van der Waals surface area contributed by atoms with E-state index >= 15 is 0 Å². The van der Waals surface area contributed by atoms with Gasteiger partial charge in [0.1, 0.15) is 0 Å². The molecule has 1 aromatic heterocycles. The SMILES string of the molecule is CC(CO)C(C)NC(=O)c1ccc(Cl)s1. The largest absolute Gasteiger partial charge is 0.396 e. The fourth-order valence-corrected chi connectivity index (χ4v) is 1.96. The van der Waals surface area contributed by atoms with Gasteiger partial charge in [0.15, 0.2) is 0 Å². The van der Waals surface area contributed by atoms with Crippen LogP contribution in [0.15, 0.2) is 12.1 Å². The van der Waals surface area contributed by atoms with Gasteiger partial charge in [0.05, 0.1) is 9.21 Å². The van der Waals surface area contributed by atoms with E-state index in [1.807, 2.05) is 13.8 Å². The number of aliphatic hydroxyl groups is 1. The van der Waals surface area contributed by atoms with Gasteiger partial charge in [-0.25, -0.2) is 0 Å². The Labute approximate surface area is 98.1 Å². The molecule has 1 amide bonds. The average Bonchev–Trinajstić information content (AvgIpc) is 2.63. The van der Waals surface area contributed by atoms with E-state index in [1.165, 1.54) is 11.3 Å². The Morgan fingerprint density at radius 2 is 2.27 bits per heavy atom. The molecule has 0 aliphatic heterocycles. The quantitative estimate of drug-likeness (QED) is 0.857. The molecule has 0 fully saturated rings. The van der Waals surface area contributed by atoms with Crippen LogP contribution < -0.4 is 5.32 Å². The van der Waals surface area contributed by atoms with Crippen LogP contribution in [0.5, 0.6) is 0 Å². The number of hydrogen-bond acceptors (Lipinski definition) is 3. The molecule has 0 spiro atoms. The fraction of sp³-hybridized carbons (Fsp3) is 0.500. The van der Waals surface area contributed by atoms with E-state index in [1.54, 1.807) is 12.1 Å². The van der Waals surface area contributed by atoms with Crippen LogP contribution in [0.25, 0.3) is 0 Å². The predicted molar refractivity (Wildman–Crippen MR) is 62.5 cm³/mol. The second-order valence-electron chi connectivity index (χ2n) is 3.53. The maximum atomic E-state index is 11.6. The monoisotopic (exact) mass is 247 g/mol. The highest BCUT2D eigenvalue weighted by molar-refractivity contribution is 7.17. The highest BCUT2D eigenvalue weighted by Crippen LogP contribution is 2.21. The molecular formula is C10H14ClNO2S. The second kappa shape index (κ2) is 5.49.